The van der Waals surface area contributed by atoms with Gasteiger partial charge < -0.3 is 4.84 Å². The van der Waals surface area contributed by atoms with Gasteiger partial charge in [0.05, 0.1) is 0 Å². The van der Waals surface area contributed by atoms with E-state index in [1.807, 2.05) is 13.0 Å². The topological polar surface area (TPSA) is 38.7 Å². The van der Waals surface area contributed by atoms with Gasteiger partial charge in [0.15, 0.2) is 5.34 Å². The summed E-state index contributed by atoms with van der Waals surface area (Å²) < 4.78 is 0. The van der Waals surface area contributed by atoms with E-state index in [2.05, 4.69) is 29.2 Å². The van der Waals surface area contributed by atoms with Crippen molar-refractivity contribution in [3.63, 3.8) is 0 Å². The van der Waals surface area contributed by atoms with E-state index in [9.17, 15) is 4.91 Å². The summed E-state index contributed by atoms with van der Waals surface area (Å²) in [5.74, 6) is 0. The highest BCUT2D eigenvalue weighted by Crippen LogP contribution is 2.13. The number of aryl methyl sites for hydroxylation is 2. The second-order valence-corrected chi connectivity index (χ2v) is 2.97. The molecule has 0 bridgehead atoms. The monoisotopic (exact) mass is 179 g/mol. The Balaban J connectivity index is 2.87. The van der Waals surface area contributed by atoms with E-state index < -0.39 is 0 Å². The number of nitrogens with zero attached hydrogens (tertiary/aromatic N) is 1. The summed E-state index contributed by atoms with van der Waals surface area (Å²) in [7, 11) is 0. The molecule has 1 aromatic rings. The van der Waals surface area contributed by atoms with Crippen molar-refractivity contribution < 1.29 is 4.84 Å². The van der Waals surface area contributed by atoms with Gasteiger partial charge in [0, 0.05) is 0 Å². The molecule has 0 aliphatic rings. The second-order valence-electron chi connectivity index (χ2n) is 2.97. The summed E-state index contributed by atoms with van der Waals surface area (Å²) in [4.78, 5) is 14.3. The lowest BCUT2D eigenvalue weighted by Crippen LogP contribution is -1.94. The second kappa shape index (κ2) is 4.60. The molecule has 13 heavy (non-hydrogen) atoms. The lowest BCUT2D eigenvalue weighted by Gasteiger charge is -2.06. The van der Waals surface area contributed by atoms with E-state index in [1.165, 1.54) is 11.1 Å². The molecular formula is C10H13NO2. The fourth-order valence-electron chi connectivity index (χ4n) is 1.33. The summed E-state index contributed by atoms with van der Waals surface area (Å²) in [5, 5.41) is 2.39. The SMILES string of the molecule is CCc1ccc(C)cc1CON=O. The van der Waals surface area contributed by atoms with Gasteiger partial charge in [0.25, 0.3) is 0 Å². The van der Waals surface area contributed by atoms with Crippen LogP contribution in [0.5, 0.6) is 0 Å². The Morgan fingerprint density at radius 3 is 2.77 bits per heavy atom. The highest BCUT2D eigenvalue weighted by molar-refractivity contribution is 5.30. The molecule has 0 fully saturated rings. The molecule has 0 heterocycles. The van der Waals surface area contributed by atoms with Gasteiger partial charge in [0.1, 0.15) is 6.61 Å². The molecule has 1 rings (SSSR count). The maximum Gasteiger partial charge on any atom is 0.155 e. The molecule has 0 aliphatic heterocycles. The van der Waals surface area contributed by atoms with Gasteiger partial charge in [-0.2, -0.15) is 0 Å². The first-order chi connectivity index (χ1) is 6.27. The van der Waals surface area contributed by atoms with Gasteiger partial charge in [-0.05, 0) is 24.5 Å². The summed E-state index contributed by atoms with van der Waals surface area (Å²) in [5.41, 5.74) is 3.41. The fourth-order valence-corrected chi connectivity index (χ4v) is 1.33. The molecular weight excluding hydrogens is 166 g/mol. The third kappa shape index (κ3) is 2.54. The summed E-state index contributed by atoms with van der Waals surface area (Å²) in [6, 6.07) is 6.12. The first-order valence-electron chi connectivity index (χ1n) is 4.31. The van der Waals surface area contributed by atoms with E-state index in [0.717, 1.165) is 12.0 Å². The van der Waals surface area contributed by atoms with Gasteiger partial charge in [0.2, 0.25) is 0 Å². The first-order valence-corrected chi connectivity index (χ1v) is 4.31. The van der Waals surface area contributed by atoms with E-state index in [4.69, 9.17) is 0 Å². The lowest BCUT2D eigenvalue weighted by atomic mass is 10.0. The van der Waals surface area contributed by atoms with Crippen LogP contribution in [0.15, 0.2) is 23.5 Å². The van der Waals surface area contributed by atoms with Crippen LogP contribution in [0.1, 0.15) is 23.6 Å². The van der Waals surface area contributed by atoms with E-state index in [0.29, 0.717) is 0 Å². The predicted octanol–water partition coefficient (Wildman–Crippen LogP) is 2.76. The third-order valence-corrected chi connectivity index (χ3v) is 2.02. The maximum atomic E-state index is 9.79. The average Bonchev–Trinajstić information content (AvgIpc) is 2.15. The van der Waals surface area contributed by atoms with Gasteiger partial charge in [-0.3, -0.25) is 0 Å². The van der Waals surface area contributed by atoms with Crippen LogP contribution in [0, 0.1) is 11.8 Å². The van der Waals surface area contributed by atoms with Crippen molar-refractivity contribution in [1.82, 2.24) is 0 Å². The maximum absolute atomic E-state index is 9.79. The van der Waals surface area contributed by atoms with Crippen molar-refractivity contribution in [2.45, 2.75) is 26.9 Å². The Bertz CT molecular complexity index is 297. The standard InChI is InChI=1S/C10H13NO2/c1-3-9-5-4-8(2)6-10(9)7-13-11-12/h4-6H,3,7H2,1-2H3. The third-order valence-electron chi connectivity index (χ3n) is 2.02. The quantitative estimate of drug-likeness (QED) is 0.526. The molecule has 3 heteroatoms. The molecule has 0 N–H and O–H groups in total. The molecule has 0 aromatic heterocycles. The lowest BCUT2D eigenvalue weighted by molar-refractivity contribution is 0.125. The summed E-state index contributed by atoms with van der Waals surface area (Å²) in [6.07, 6.45) is 0.942. The molecule has 70 valence electrons. The average molecular weight is 179 g/mol. The zero-order valence-electron chi connectivity index (χ0n) is 7.91. The van der Waals surface area contributed by atoms with Crippen LogP contribution in [0.4, 0.5) is 0 Å². The molecule has 0 atom stereocenters. The number of benzene rings is 1. The number of hydrogen-bond donors (Lipinski definition) is 0. The molecule has 0 radical (unpaired) electrons. The Labute approximate surface area is 77.7 Å². The Morgan fingerprint density at radius 1 is 1.38 bits per heavy atom. The molecule has 3 nitrogen and oxygen atoms in total. The van der Waals surface area contributed by atoms with Crippen LogP contribution in [0.2, 0.25) is 0 Å². The minimum absolute atomic E-state index is 0.272. The van der Waals surface area contributed by atoms with Crippen LogP contribution in [0.25, 0.3) is 0 Å². The van der Waals surface area contributed by atoms with Gasteiger partial charge >= 0.3 is 0 Å². The van der Waals surface area contributed by atoms with Gasteiger partial charge in [-0.1, -0.05) is 30.7 Å². The smallest absolute Gasteiger partial charge is 0.155 e. The minimum Gasteiger partial charge on any atom is -0.359 e. The highest BCUT2D eigenvalue weighted by Gasteiger charge is 2.01. The first kappa shape index (κ1) is 9.71. The highest BCUT2D eigenvalue weighted by atomic mass is 16.7. The largest absolute Gasteiger partial charge is 0.359 e. The van der Waals surface area contributed by atoms with Gasteiger partial charge in [-0.15, -0.1) is 4.91 Å². The van der Waals surface area contributed by atoms with Crippen LogP contribution in [-0.2, 0) is 17.9 Å². The molecule has 0 spiro atoms. The minimum atomic E-state index is 0.272. The molecule has 0 amide bonds. The molecule has 1 aromatic carbocycles. The van der Waals surface area contributed by atoms with Crippen molar-refractivity contribution in [2.75, 3.05) is 0 Å². The van der Waals surface area contributed by atoms with Crippen LogP contribution >= 0.6 is 0 Å². The van der Waals surface area contributed by atoms with E-state index >= 15 is 0 Å². The van der Waals surface area contributed by atoms with Crippen molar-refractivity contribution in [3.05, 3.63) is 39.8 Å². The molecule has 0 saturated carbocycles. The predicted molar refractivity (Wildman–Crippen MR) is 51.1 cm³/mol. The Kier molecular flexibility index (Phi) is 3.43. The van der Waals surface area contributed by atoms with Crippen LogP contribution in [0.3, 0.4) is 0 Å². The van der Waals surface area contributed by atoms with Crippen LogP contribution in [-0.4, -0.2) is 0 Å². The Morgan fingerprint density at radius 2 is 2.15 bits per heavy atom. The molecule has 0 aliphatic carbocycles. The van der Waals surface area contributed by atoms with Crippen LogP contribution < -0.4 is 0 Å². The van der Waals surface area contributed by atoms with E-state index in [1.54, 1.807) is 0 Å². The molecule has 0 saturated heterocycles. The number of hydrogen-bond acceptors (Lipinski definition) is 3. The number of rotatable bonds is 4. The normalized spacial score (nSPS) is 9.69. The van der Waals surface area contributed by atoms with Crippen molar-refractivity contribution >= 4 is 0 Å². The van der Waals surface area contributed by atoms with Gasteiger partial charge in [-0.25, -0.2) is 0 Å². The summed E-state index contributed by atoms with van der Waals surface area (Å²) in [6.45, 7) is 4.36. The van der Waals surface area contributed by atoms with Crippen molar-refractivity contribution in [1.29, 1.82) is 0 Å². The van der Waals surface area contributed by atoms with Crippen molar-refractivity contribution in [2.24, 2.45) is 5.34 Å². The zero-order chi connectivity index (χ0) is 9.68. The fraction of sp³-hybridized carbons (Fsp3) is 0.400. The Hall–Kier alpha value is -1.38. The van der Waals surface area contributed by atoms with Crippen molar-refractivity contribution in [3.8, 4) is 0 Å². The zero-order valence-corrected chi connectivity index (χ0v) is 7.91. The molecule has 0 unspecified atom stereocenters. The van der Waals surface area contributed by atoms with E-state index in [-0.39, 0.29) is 6.61 Å². The summed E-state index contributed by atoms with van der Waals surface area (Å²) >= 11 is 0.